The number of methoxy groups -OCH3 is 1. The van der Waals surface area contributed by atoms with E-state index < -0.39 is 0 Å². The van der Waals surface area contributed by atoms with Gasteiger partial charge in [0.25, 0.3) is 0 Å². The van der Waals surface area contributed by atoms with Gasteiger partial charge in [-0.15, -0.1) is 24.3 Å². The molecule has 3 aromatic carbocycles. The van der Waals surface area contributed by atoms with E-state index in [0.717, 1.165) is 17.2 Å². The van der Waals surface area contributed by atoms with Gasteiger partial charge in [0.2, 0.25) is 0 Å². The van der Waals surface area contributed by atoms with E-state index in [9.17, 15) is 0 Å². The Hall–Kier alpha value is -1.64. The van der Waals surface area contributed by atoms with E-state index in [1.54, 1.807) is 7.11 Å². The predicted molar refractivity (Wildman–Crippen MR) is 83.6 cm³/mol. The van der Waals surface area contributed by atoms with Crippen molar-refractivity contribution < 1.29 is 42.2 Å². The van der Waals surface area contributed by atoms with Crippen LogP contribution >= 0.6 is 0 Å². The van der Waals surface area contributed by atoms with E-state index in [4.69, 9.17) is 9.47 Å². The summed E-state index contributed by atoms with van der Waals surface area (Å²) in [7, 11) is 1.65. The van der Waals surface area contributed by atoms with Crippen LogP contribution in [0.4, 0.5) is 0 Å². The van der Waals surface area contributed by atoms with Gasteiger partial charge in [-0.2, -0.15) is 36.4 Å². The zero-order valence-electron chi connectivity index (χ0n) is 12.4. The van der Waals surface area contributed by atoms with Crippen LogP contribution in [0.2, 0.25) is 0 Å². The normalized spacial score (nSPS) is 8.77. The smallest absolute Gasteiger partial charge is 0.124 e. The monoisotopic (exact) mass is 365 g/mol. The Morgan fingerprint density at radius 3 is 1.55 bits per heavy atom. The van der Waals surface area contributed by atoms with E-state index in [1.165, 1.54) is 0 Å². The number of para-hydroxylation sites is 1. The summed E-state index contributed by atoms with van der Waals surface area (Å²) in [6, 6.07) is 30.3. The Morgan fingerprint density at radius 2 is 1.09 bits per heavy atom. The fourth-order valence-electron chi connectivity index (χ4n) is 1.57. The van der Waals surface area contributed by atoms with Crippen molar-refractivity contribution in [1.82, 2.24) is 0 Å². The molecule has 0 aliphatic rings. The van der Waals surface area contributed by atoms with E-state index in [0.29, 0.717) is 0 Å². The third kappa shape index (κ3) is 6.88. The van der Waals surface area contributed by atoms with Crippen molar-refractivity contribution >= 4 is 0 Å². The molecule has 3 aromatic rings. The maximum Gasteiger partial charge on any atom is 0.124 e. The molecule has 0 heterocycles. The molecule has 109 valence electrons. The first-order valence-corrected chi connectivity index (χ1v) is 6.57. The minimum atomic E-state index is 0. The van der Waals surface area contributed by atoms with Gasteiger partial charge in [-0.1, -0.05) is 18.2 Å². The Kier molecular flexibility index (Phi) is 9.21. The molecule has 0 unspecified atom stereocenters. The van der Waals surface area contributed by atoms with Crippen LogP contribution in [-0.2, 0) is 32.7 Å². The van der Waals surface area contributed by atoms with Crippen molar-refractivity contribution in [2.45, 2.75) is 0 Å². The molecule has 0 amide bonds. The van der Waals surface area contributed by atoms with Crippen molar-refractivity contribution in [2.24, 2.45) is 0 Å². The van der Waals surface area contributed by atoms with Gasteiger partial charge in [0.05, 0.1) is 7.11 Å². The molecule has 0 fully saturated rings. The molecule has 0 aliphatic carbocycles. The van der Waals surface area contributed by atoms with Crippen LogP contribution in [0, 0.1) is 12.1 Å². The maximum atomic E-state index is 5.56. The molecular formula is C19H16O2Y-2. The average Bonchev–Trinajstić information content (AvgIpc) is 2.58. The van der Waals surface area contributed by atoms with Crippen LogP contribution in [0.15, 0.2) is 78.9 Å². The van der Waals surface area contributed by atoms with E-state index >= 15 is 0 Å². The van der Waals surface area contributed by atoms with Crippen molar-refractivity contribution in [3.63, 3.8) is 0 Å². The Bertz CT molecular complexity index is 575. The molecule has 0 N–H and O–H groups in total. The molecule has 3 rings (SSSR count). The quantitative estimate of drug-likeness (QED) is 0.623. The van der Waals surface area contributed by atoms with Gasteiger partial charge in [-0.25, -0.2) is 0 Å². The van der Waals surface area contributed by atoms with E-state index in [2.05, 4.69) is 12.1 Å². The van der Waals surface area contributed by atoms with Crippen LogP contribution < -0.4 is 9.47 Å². The van der Waals surface area contributed by atoms with Crippen molar-refractivity contribution in [2.75, 3.05) is 7.11 Å². The van der Waals surface area contributed by atoms with Crippen LogP contribution in [0.5, 0.6) is 17.2 Å². The number of benzene rings is 3. The third-order valence-corrected chi connectivity index (χ3v) is 2.59. The van der Waals surface area contributed by atoms with Gasteiger partial charge >= 0.3 is 0 Å². The molecule has 0 atom stereocenters. The maximum absolute atomic E-state index is 5.56. The number of ether oxygens (including phenoxy) is 2. The molecule has 0 aromatic heterocycles. The number of hydrogen-bond acceptors (Lipinski definition) is 2. The largest absolute Gasteiger partial charge is 0.522 e. The first-order valence-electron chi connectivity index (χ1n) is 6.57. The number of rotatable bonds is 3. The third-order valence-electron chi connectivity index (χ3n) is 2.59. The summed E-state index contributed by atoms with van der Waals surface area (Å²) in [5.74, 6) is 2.57. The zero-order valence-corrected chi connectivity index (χ0v) is 15.2. The molecule has 3 heteroatoms. The van der Waals surface area contributed by atoms with Crippen LogP contribution in [0.3, 0.4) is 0 Å². The first-order chi connectivity index (χ1) is 10.4. The molecule has 0 spiro atoms. The van der Waals surface area contributed by atoms with Crippen LogP contribution in [-0.4, -0.2) is 7.11 Å². The summed E-state index contributed by atoms with van der Waals surface area (Å²) < 4.78 is 10.5. The molecular weight excluding hydrogens is 349 g/mol. The SMILES string of the molecule is COc1cc[c-]cc1.[Y].[c-]1ccc(Oc2ccccc2)cc1. The summed E-state index contributed by atoms with van der Waals surface area (Å²) in [6.07, 6.45) is 0. The Labute approximate surface area is 157 Å². The average molecular weight is 365 g/mol. The molecule has 0 bridgehead atoms. The summed E-state index contributed by atoms with van der Waals surface area (Å²) in [5, 5.41) is 0. The standard InChI is InChI=1S/C12H9O.C7H7O.Y/c1-3-7-11(8-4-1)13-12-9-5-2-6-10-12;1-8-7-5-3-2-4-6-7;/h1,3-10H;3-6H,1H3;/q2*-1;. The second kappa shape index (κ2) is 11.0. The Balaban J connectivity index is 0.000000234. The minimum absolute atomic E-state index is 0. The summed E-state index contributed by atoms with van der Waals surface area (Å²) >= 11 is 0. The topological polar surface area (TPSA) is 18.5 Å². The fraction of sp³-hybridized carbons (Fsp3) is 0.0526. The fourth-order valence-corrected chi connectivity index (χ4v) is 1.57. The summed E-state index contributed by atoms with van der Waals surface area (Å²) in [6.45, 7) is 0. The number of hydrogen-bond donors (Lipinski definition) is 0. The van der Waals surface area contributed by atoms with Crippen molar-refractivity contribution in [1.29, 1.82) is 0 Å². The first kappa shape index (κ1) is 18.4. The predicted octanol–water partition coefficient (Wildman–Crippen LogP) is 4.77. The molecule has 22 heavy (non-hydrogen) atoms. The van der Waals surface area contributed by atoms with Crippen LogP contribution in [0.25, 0.3) is 0 Å². The van der Waals surface area contributed by atoms with Gasteiger partial charge in [0, 0.05) is 44.2 Å². The van der Waals surface area contributed by atoms with Crippen molar-refractivity contribution in [3.8, 4) is 17.2 Å². The van der Waals surface area contributed by atoms with Gasteiger partial charge in [-0.3, -0.25) is 0 Å². The van der Waals surface area contributed by atoms with Gasteiger partial charge in [0.1, 0.15) is 5.75 Å². The molecule has 0 saturated carbocycles. The van der Waals surface area contributed by atoms with E-state index in [1.807, 2.05) is 78.9 Å². The molecule has 0 saturated heterocycles. The molecule has 2 nitrogen and oxygen atoms in total. The van der Waals surface area contributed by atoms with Gasteiger partial charge < -0.3 is 9.47 Å². The van der Waals surface area contributed by atoms with Gasteiger partial charge in [-0.05, 0) is 12.1 Å². The second-order valence-electron chi connectivity index (χ2n) is 4.09. The Morgan fingerprint density at radius 1 is 0.636 bits per heavy atom. The molecule has 1 radical (unpaired) electrons. The van der Waals surface area contributed by atoms with E-state index in [-0.39, 0.29) is 32.7 Å². The van der Waals surface area contributed by atoms with Gasteiger partial charge in [0.15, 0.2) is 0 Å². The molecule has 0 aliphatic heterocycles. The van der Waals surface area contributed by atoms with Crippen molar-refractivity contribution in [3.05, 3.63) is 91.0 Å². The summed E-state index contributed by atoms with van der Waals surface area (Å²) in [4.78, 5) is 0. The zero-order chi connectivity index (χ0) is 14.8. The van der Waals surface area contributed by atoms with Crippen LogP contribution in [0.1, 0.15) is 0 Å². The minimum Gasteiger partial charge on any atom is -0.522 e. The summed E-state index contributed by atoms with van der Waals surface area (Å²) in [5.41, 5.74) is 0. The second-order valence-corrected chi connectivity index (χ2v) is 4.09.